The number of nitrogens with zero attached hydrogens (tertiary/aromatic N) is 2. The quantitative estimate of drug-likeness (QED) is 0.767. The third-order valence-corrected chi connectivity index (χ3v) is 5.76. The van der Waals surface area contributed by atoms with Crippen LogP contribution in [-0.2, 0) is 6.42 Å². The number of aliphatic hydroxyl groups is 1. The highest BCUT2D eigenvalue weighted by Gasteiger charge is 2.23. The minimum atomic E-state index is -0.997. The van der Waals surface area contributed by atoms with Crippen molar-refractivity contribution in [1.29, 1.82) is 0 Å². The van der Waals surface area contributed by atoms with Crippen LogP contribution in [0.2, 0.25) is 0 Å². The molecule has 3 heterocycles. The van der Waals surface area contributed by atoms with E-state index in [-0.39, 0.29) is 11.5 Å². The summed E-state index contributed by atoms with van der Waals surface area (Å²) in [6, 6.07) is 2.06. The van der Waals surface area contributed by atoms with Gasteiger partial charge in [-0.3, -0.25) is 0 Å². The van der Waals surface area contributed by atoms with Gasteiger partial charge in [0.25, 0.3) is 0 Å². The van der Waals surface area contributed by atoms with Gasteiger partial charge in [0.05, 0.1) is 5.69 Å². The van der Waals surface area contributed by atoms with Crippen LogP contribution in [0, 0.1) is 5.92 Å². The lowest BCUT2D eigenvalue weighted by molar-refractivity contribution is 0.0703. The Bertz CT molecular complexity index is 751. The van der Waals surface area contributed by atoms with Crippen molar-refractivity contribution >= 4 is 39.0 Å². The number of fused-ring (bicyclic) bond motifs is 1. The second kappa shape index (κ2) is 6.94. The van der Waals surface area contributed by atoms with E-state index in [0.717, 1.165) is 66.9 Å². The number of hydrogen-bond donors (Lipinski definition) is 3. The summed E-state index contributed by atoms with van der Waals surface area (Å²) < 4.78 is 0. The molecule has 24 heavy (non-hydrogen) atoms. The number of nitrogens with two attached hydrogens (primary N) is 1. The highest BCUT2D eigenvalue weighted by molar-refractivity contribution is 7.21. The van der Waals surface area contributed by atoms with E-state index in [1.807, 2.05) is 0 Å². The monoisotopic (exact) mass is 349 g/mol. The van der Waals surface area contributed by atoms with Crippen molar-refractivity contribution in [2.24, 2.45) is 5.92 Å². The highest BCUT2D eigenvalue weighted by Crippen LogP contribution is 2.37. The number of carboxylic acid groups (broad SMARTS) is 1. The zero-order valence-electron chi connectivity index (χ0n) is 13.8. The first-order valence-electron chi connectivity index (χ1n) is 8.36. The molecule has 0 bridgehead atoms. The summed E-state index contributed by atoms with van der Waals surface area (Å²) in [5, 5.41) is 19.4. The number of nitrogen functional groups attached to an aromatic ring is 1. The predicted octanol–water partition coefficient (Wildman–Crippen LogP) is 2.74. The van der Waals surface area contributed by atoms with Crippen LogP contribution in [0.1, 0.15) is 41.4 Å². The van der Waals surface area contributed by atoms with Crippen LogP contribution < -0.4 is 10.6 Å². The summed E-state index contributed by atoms with van der Waals surface area (Å²) in [5.74, 6) is 0.264. The van der Waals surface area contributed by atoms with Gasteiger partial charge < -0.3 is 20.8 Å². The lowest BCUT2D eigenvalue weighted by Gasteiger charge is -2.32. The Morgan fingerprint density at radius 1 is 1.46 bits per heavy atom. The van der Waals surface area contributed by atoms with Gasteiger partial charge in [0.2, 0.25) is 0 Å². The van der Waals surface area contributed by atoms with E-state index in [1.54, 1.807) is 0 Å². The molecule has 0 saturated carbocycles. The van der Waals surface area contributed by atoms with Gasteiger partial charge in [-0.15, -0.1) is 11.3 Å². The molecule has 1 aliphatic rings. The fourth-order valence-corrected chi connectivity index (χ4v) is 4.29. The molecule has 0 unspecified atom stereocenters. The lowest BCUT2D eigenvalue weighted by Crippen LogP contribution is -2.35. The first-order valence-corrected chi connectivity index (χ1v) is 9.17. The van der Waals surface area contributed by atoms with Gasteiger partial charge >= 0.3 is 5.97 Å². The van der Waals surface area contributed by atoms with Gasteiger partial charge in [0.1, 0.15) is 15.5 Å². The van der Waals surface area contributed by atoms with Crippen LogP contribution in [0.4, 0.5) is 11.5 Å². The molecule has 130 valence electrons. The predicted molar refractivity (Wildman–Crippen MR) is 97.0 cm³/mol. The molecule has 0 amide bonds. The topological polar surface area (TPSA) is 99.7 Å². The van der Waals surface area contributed by atoms with Crippen molar-refractivity contribution in [3.63, 3.8) is 0 Å². The summed E-state index contributed by atoms with van der Waals surface area (Å²) in [6.45, 7) is 4.06. The van der Waals surface area contributed by atoms with Gasteiger partial charge in [0, 0.05) is 25.1 Å². The average Bonchev–Trinajstić information content (AvgIpc) is 2.92. The number of hydrogen-bond acceptors (Lipinski definition) is 6. The van der Waals surface area contributed by atoms with E-state index in [0.29, 0.717) is 16.4 Å². The van der Waals surface area contributed by atoms with Crippen LogP contribution in [0.5, 0.6) is 0 Å². The number of carboxylic acids is 1. The zero-order chi connectivity index (χ0) is 17.3. The Morgan fingerprint density at radius 2 is 2.17 bits per heavy atom. The summed E-state index contributed by atoms with van der Waals surface area (Å²) >= 11 is 1.15. The molecule has 0 radical (unpaired) electrons. The molecule has 6 nitrogen and oxygen atoms in total. The van der Waals surface area contributed by atoms with Crippen LogP contribution in [0.3, 0.4) is 0 Å². The third-order valence-electron chi connectivity index (χ3n) is 4.68. The van der Waals surface area contributed by atoms with Crippen molar-refractivity contribution in [1.82, 2.24) is 4.98 Å². The number of aromatic nitrogens is 1. The van der Waals surface area contributed by atoms with E-state index in [1.165, 1.54) is 0 Å². The van der Waals surface area contributed by atoms with Gasteiger partial charge in [-0.2, -0.15) is 0 Å². The molecular formula is C17H23N3O3S. The minimum absolute atomic E-state index is 0.172. The molecule has 0 aliphatic carbocycles. The SMILES string of the molecule is CCCc1cc(N2CCC(CO)CC2)nc2sc(C(=O)O)c(N)c12. The summed E-state index contributed by atoms with van der Waals surface area (Å²) in [6.07, 6.45) is 3.71. The van der Waals surface area contributed by atoms with Crippen molar-refractivity contribution < 1.29 is 15.0 Å². The number of piperidine rings is 1. The summed E-state index contributed by atoms with van der Waals surface area (Å²) in [4.78, 5) is 19.2. The Balaban J connectivity index is 2.02. The van der Waals surface area contributed by atoms with Crippen LogP contribution >= 0.6 is 11.3 Å². The first-order chi connectivity index (χ1) is 11.5. The van der Waals surface area contributed by atoms with Gasteiger partial charge in [-0.1, -0.05) is 13.3 Å². The first kappa shape index (κ1) is 17.0. The smallest absolute Gasteiger partial charge is 0.348 e. The second-order valence-corrected chi connectivity index (χ2v) is 7.33. The van der Waals surface area contributed by atoms with Crippen molar-refractivity contribution in [3.05, 3.63) is 16.5 Å². The number of anilines is 2. The fourth-order valence-electron chi connectivity index (χ4n) is 3.32. The Morgan fingerprint density at radius 3 is 2.75 bits per heavy atom. The molecule has 1 fully saturated rings. The number of aliphatic hydroxyl groups excluding tert-OH is 1. The number of pyridine rings is 1. The van der Waals surface area contributed by atoms with Gasteiger partial charge in [-0.05, 0) is 36.8 Å². The number of thiophene rings is 1. The normalized spacial score (nSPS) is 16.0. The van der Waals surface area contributed by atoms with E-state index in [2.05, 4.69) is 17.9 Å². The number of aryl methyl sites for hydroxylation is 1. The number of rotatable bonds is 5. The molecule has 2 aromatic rings. The molecule has 4 N–H and O–H groups in total. The maximum absolute atomic E-state index is 11.4. The molecule has 0 atom stereocenters. The number of aromatic carboxylic acids is 1. The highest BCUT2D eigenvalue weighted by atomic mass is 32.1. The van der Waals surface area contributed by atoms with Gasteiger partial charge in [0.15, 0.2) is 0 Å². The third kappa shape index (κ3) is 3.06. The minimum Gasteiger partial charge on any atom is -0.477 e. The summed E-state index contributed by atoms with van der Waals surface area (Å²) in [7, 11) is 0. The van der Waals surface area contributed by atoms with Crippen molar-refractivity contribution in [2.75, 3.05) is 30.3 Å². The Kier molecular flexibility index (Phi) is 4.91. The molecule has 1 aliphatic heterocycles. The zero-order valence-corrected chi connectivity index (χ0v) is 14.6. The van der Waals surface area contributed by atoms with Crippen LogP contribution in [0.15, 0.2) is 6.07 Å². The van der Waals surface area contributed by atoms with E-state index >= 15 is 0 Å². The lowest BCUT2D eigenvalue weighted by atomic mass is 9.97. The average molecular weight is 349 g/mol. The van der Waals surface area contributed by atoms with Crippen LogP contribution in [-0.4, -0.2) is 40.9 Å². The number of carbonyl (C=O) groups is 1. The van der Waals surface area contributed by atoms with Gasteiger partial charge in [-0.25, -0.2) is 9.78 Å². The van der Waals surface area contributed by atoms with E-state index in [9.17, 15) is 15.0 Å². The fraction of sp³-hybridized carbons (Fsp3) is 0.529. The molecule has 0 aromatic carbocycles. The molecule has 0 spiro atoms. The van der Waals surface area contributed by atoms with E-state index < -0.39 is 5.97 Å². The molecule has 7 heteroatoms. The Hall–Kier alpha value is -1.86. The van der Waals surface area contributed by atoms with E-state index in [4.69, 9.17) is 10.7 Å². The molecule has 2 aromatic heterocycles. The standard InChI is InChI=1S/C17H23N3O3S/c1-2-3-11-8-12(20-6-4-10(9-21)5-7-20)19-16-13(11)14(18)15(24-16)17(22)23/h8,10,21H,2-7,9,18H2,1H3,(H,22,23). The molecule has 1 saturated heterocycles. The Labute approximate surface area is 144 Å². The second-order valence-electron chi connectivity index (χ2n) is 6.33. The summed E-state index contributed by atoms with van der Waals surface area (Å²) in [5.41, 5.74) is 7.49. The maximum atomic E-state index is 11.4. The largest absolute Gasteiger partial charge is 0.477 e. The maximum Gasteiger partial charge on any atom is 0.348 e. The van der Waals surface area contributed by atoms with Crippen molar-refractivity contribution in [2.45, 2.75) is 32.6 Å². The van der Waals surface area contributed by atoms with Crippen LogP contribution in [0.25, 0.3) is 10.2 Å². The van der Waals surface area contributed by atoms with Crippen molar-refractivity contribution in [3.8, 4) is 0 Å². The molecular weight excluding hydrogens is 326 g/mol. The molecule has 3 rings (SSSR count).